The zero-order valence-corrected chi connectivity index (χ0v) is 16.8. The number of anilines is 1. The predicted octanol–water partition coefficient (Wildman–Crippen LogP) is 3.68. The number of carbonyl (C=O) groups excluding carboxylic acids is 1. The molecule has 7 nitrogen and oxygen atoms in total. The first-order chi connectivity index (χ1) is 13.5. The van der Waals surface area contributed by atoms with Crippen LogP contribution in [-0.2, 0) is 14.3 Å². The lowest BCUT2D eigenvalue weighted by Gasteiger charge is -2.35. The van der Waals surface area contributed by atoms with Crippen molar-refractivity contribution in [3.63, 3.8) is 0 Å². The average Bonchev–Trinajstić information content (AvgIpc) is 3.34. The molecule has 0 radical (unpaired) electrons. The molecule has 2 aliphatic rings. The number of nitrogen functional groups attached to an aromatic ring is 1. The van der Waals surface area contributed by atoms with Gasteiger partial charge in [0.2, 0.25) is 0 Å². The average molecular weight is 386 g/mol. The molecule has 2 unspecified atom stereocenters. The summed E-state index contributed by atoms with van der Waals surface area (Å²) in [5.74, 6) is 0.776. The number of ether oxygens (including phenoxy) is 2. The highest BCUT2D eigenvalue weighted by Gasteiger charge is 2.39. The molecule has 2 aromatic rings. The van der Waals surface area contributed by atoms with Crippen molar-refractivity contribution < 1.29 is 14.3 Å². The minimum atomic E-state index is -0.426. The van der Waals surface area contributed by atoms with Crippen molar-refractivity contribution in [1.82, 2.24) is 14.6 Å². The van der Waals surface area contributed by atoms with E-state index in [1.54, 1.807) is 4.52 Å². The Bertz CT molecular complexity index is 841. The van der Waals surface area contributed by atoms with Gasteiger partial charge in [0.05, 0.1) is 17.2 Å². The summed E-state index contributed by atoms with van der Waals surface area (Å²) in [6.45, 7) is 4.37. The molecule has 3 heterocycles. The molecule has 1 aliphatic carbocycles. The summed E-state index contributed by atoms with van der Waals surface area (Å²) in [6, 6.07) is 3.89. The summed E-state index contributed by atoms with van der Waals surface area (Å²) >= 11 is 0. The van der Waals surface area contributed by atoms with E-state index in [0.717, 1.165) is 36.9 Å². The van der Waals surface area contributed by atoms with Gasteiger partial charge in [-0.25, -0.2) is 9.50 Å². The molecule has 0 bridgehead atoms. The number of hydrogen-bond acceptors (Lipinski definition) is 6. The van der Waals surface area contributed by atoms with Crippen molar-refractivity contribution in [1.29, 1.82) is 0 Å². The zero-order chi connectivity index (χ0) is 19.7. The SMILES string of the molecule is CC(C)(C(=O)OCC1CCC(c2ccc3c(N)ncnn23)O1)C1CCCCC1. The van der Waals surface area contributed by atoms with Gasteiger partial charge in [-0.05, 0) is 57.6 Å². The number of esters is 1. The lowest BCUT2D eigenvalue weighted by molar-refractivity contribution is -0.162. The van der Waals surface area contributed by atoms with E-state index in [9.17, 15) is 4.79 Å². The summed E-state index contributed by atoms with van der Waals surface area (Å²) in [6.07, 6.45) is 8.97. The van der Waals surface area contributed by atoms with Gasteiger partial charge in [-0.1, -0.05) is 19.3 Å². The van der Waals surface area contributed by atoms with E-state index in [2.05, 4.69) is 10.1 Å². The highest BCUT2D eigenvalue weighted by molar-refractivity contribution is 5.76. The molecule has 0 aromatic carbocycles. The lowest BCUT2D eigenvalue weighted by Crippen LogP contribution is -2.37. The summed E-state index contributed by atoms with van der Waals surface area (Å²) in [5.41, 5.74) is 7.22. The van der Waals surface area contributed by atoms with Crippen LogP contribution in [0, 0.1) is 11.3 Å². The van der Waals surface area contributed by atoms with Gasteiger partial charge in [-0.2, -0.15) is 5.10 Å². The van der Waals surface area contributed by atoms with Gasteiger partial charge in [0.15, 0.2) is 5.82 Å². The molecule has 7 heteroatoms. The molecule has 2 N–H and O–H groups in total. The second-order valence-electron chi connectivity index (χ2n) is 8.68. The van der Waals surface area contributed by atoms with Crippen LogP contribution in [-0.4, -0.2) is 33.3 Å². The first-order valence-electron chi connectivity index (χ1n) is 10.4. The fourth-order valence-electron chi connectivity index (χ4n) is 4.61. The number of nitrogens with two attached hydrogens (primary N) is 1. The second kappa shape index (κ2) is 7.70. The summed E-state index contributed by atoms with van der Waals surface area (Å²) < 4.78 is 13.6. The normalized spacial score (nSPS) is 23.9. The molecule has 1 saturated carbocycles. The highest BCUT2D eigenvalue weighted by atomic mass is 16.6. The van der Waals surface area contributed by atoms with Crippen LogP contribution in [0.5, 0.6) is 0 Å². The Morgan fingerprint density at radius 3 is 2.82 bits per heavy atom. The third-order valence-electron chi connectivity index (χ3n) is 6.50. The van der Waals surface area contributed by atoms with Gasteiger partial charge in [0, 0.05) is 0 Å². The second-order valence-corrected chi connectivity index (χ2v) is 8.68. The van der Waals surface area contributed by atoms with Crippen LogP contribution in [0.15, 0.2) is 18.5 Å². The molecular formula is C21H30N4O3. The fourth-order valence-corrected chi connectivity index (χ4v) is 4.61. The maximum Gasteiger partial charge on any atom is 0.311 e. The van der Waals surface area contributed by atoms with E-state index >= 15 is 0 Å². The van der Waals surface area contributed by atoms with Crippen molar-refractivity contribution in [2.24, 2.45) is 11.3 Å². The molecule has 2 aromatic heterocycles. The van der Waals surface area contributed by atoms with Gasteiger partial charge < -0.3 is 15.2 Å². The van der Waals surface area contributed by atoms with Crippen LogP contribution in [0.25, 0.3) is 5.52 Å². The van der Waals surface area contributed by atoms with Crippen molar-refractivity contribution in [2.45, 2.75) is 71.0 Å². The third-order valence-corrected chi connectivity index (χ3v) is 6.50. The monoisotopic (exact) mass is 386 g/mol. The van der Waals surface area contributed by atoms with E-state index in [4.69, 9.17) is 15.2 Å². The van der Waals surface area contributed by atoms with Crippen molar-refractivity contribution in [3.8, 4) is 0 Å². The molecule has 1 saturated heterocycles. The van der Waals surface area contributed by atoms with Crippen molar-refractivity contribution in [2.75, 3.05) is 12.3 Å². The number of nitrogens with zero attached hydrogens (tertiary/aromatic N) is 3. The molecule has 2 atom stereocenters. The van der Waals surface area contributed by atoms with Gasteiger partial charge in [-0.15, -0.1) is 0 Å². The van der Waals surface area contributed by atoms with E-state index in [1.807, 2.05) is 26.0 Å². The van der Waals surface area contributed by atoms with Crippen LogP contribution in [0.1, 0.15) is 70.6 Å². The molecule has 0 amide bonds. The number of hydrogen-bond donors (Lipinski definition) is 1. The van der Waals surface area contributed by atoms with Gasteiger partial charge in [-0.3, -0.25) is 4.79 Å². The quantitative estimate of drug-likeness (QED) is 0.788. The van der Waals surface area contributed by atoms with Crippen molar-refractivity contribution >= 4 is 17.3 Å². The maximum absolute atomic E-state index is 12.7. The Labute approximate surface area is 165 Å². The van der Waals surface area contributed by atoms with Crippen LogP contribution in [0.4, 0.5) is 5.82 Å². The van der Waals surface area contributed by atoms with Crippen LogP contribution in [0.2, 0.25) is 0 Å². The van der Waals surface area contributed by atoms with Crippen LogP contribution >= 0.6 is 0 Å². The highest BCUT2D eigenvalue weighted by Crippen LogP contribution is 2.39. The van der Waals surface area contributed by atoms with E-state index < -0.39 is 5.41 Å². The van der Waals surface area contributed by atoms with Gasteiger partial charge >= 0.3 is 5.97 Å². The minimum Gasteiger partial charge on any atom is -0.463 e. The summed E-state index contributed by atoms with van der Waals surface area (Å²) in [7, 11) is 0. The zero-order valence-electron chi connectivity index (χ0n) is 16.8. The first-order valence-corrected chi connectivity index (χ1v) is 10.4. The topological polar surface area (TPSA) is 91.7 Å². The Hall–Kier alpha value is -2.15. The Morgan fingerprint density at radius 2 is 2.04 bits per heavy atom. The van der Waals surface area contributed by atoms with Crippen LogP contribution in [0.3, 0.4) is 0 Å². The molecule has 2 fully saturated rings. The Balaban J connectivity index is 1.34. The van der Waals surface area contributed by atoms with Crippen LogP contribution < -0.4 is 5.73 Å². The van der Waals surface area contributed by atoms with E-state index in [1.165, 1.54) is 25.6 Å². The molecule has 1 aliphatic heterocycles. The number of carbonyl (C=O) groups is 1. The summed E-state index contributed by atoms with van der Waals surface area (Å²) in [5, 5.41) is 4.29. The van der Waals surface area contributed by atoms with E-state index in [0.29, 0.717) is 18.3 Å². The minimum absolute atomic E-state index is 0.0770. The largest absolute Gasteiger partial charge is 0.463 e. The summed E-state index contributed by atoms with van der Waals surface area (Å²) in [4.78, 5) is 16.8. The fraction of sp³-hybridized carbons (Fsp3) is 0.667. The van der Waals surface area contributed by atoms with Crippen molar-refractivity contribution in [3.05, 3.63) is 24.2 Å². The molecule has 4 rings (SSSR count). The number of aromatic nitrogens is 3. The number of fused-ring (bicyclic) bond motifs is 1. The third kappa shape index (κ3) is 3.60. The molecule has 28 heavy (non-hydrogen) atoms. The molecular weight excluding hydrogens is 356 g/mol. The predicted molar refractivity (Wildman–Crippen MR) is 106 cm³/mol. The Kier molecular flexibility index (Phi) is 5.27. The van der Waals surface area contributed by atoms with Gasteiger partial charge in [0.1, 0.15) is 24.6 Å². The first kappa shape index (κ1) is 19.2. The van der Waals surface area contributed by atoms with Gasteiger partial charge in [0.25, 0.3) is 0 Å². The standard InChI is InChI=1S/C21H30N4O3/c1-21(2,14-6-4-3-5-7-14)20(26)27-12-15-8-11-18(28-15)16-9-10-17-19(22)23-13-24-25(16)17/h9-10,13-15,18H,3-8,11-12H2,1-2H3,(H2,22,23,24). The smallest absolute Gasteiger partial charge is 0.311 e. The lowest BCUT2D eigenvalue weighted by atomic mass is 9.71. The number of rotatable bonds is 5. The maximum atomic E-state index is 12.7. The van der Waals surface area contributed by atoms with E-state index in [-0.39, 0.29) is 18.2 Å². The molecule has 0 spiro atoms. The Morgan fingerprint density at radius 1 is 1.25 bits per heavy atom. The molecule has 152 valence electrons.